The monoisotopic (exact) mass is 200 g/mol. The average molecular weight is 200 g/mol. The van der Waals surface area contributed by atoms with E-state index in [0.29, 0.717) is 18.7 Å². The molecule has 3 N–H and O–H groups in total. The van der Waals surface area contributed by atoms with Gasteiger partial charge in [0.25, 0.3) is 0 Å². The normalized spacial score (nSPS) is 21.4. The molecule has 1 saturated heterocycles. The third-order valence-corrected chi connectivity index (χ3v) is 2.94. The van der Waals surface area contributed by atoms with E-state index in [0.717, 1.165) is 25.4 Å². The van der Waals surface area contributed by atoms with Crippen LogP contribution in [0.15, 0.2) is 0 Å². The van der Waals surface area contributed by atoms with Crippen LogP contribution in [0.5, 0.6) is 0 Å². The minimum Gasteiger partial charge on any atom is -0.396 e. The van der Waals surface area contributed by atoms with Crippen molar-refractivity contribution in [2.75, 3.05) is 19.7 Å². The molecule has 1 rings (SSSR count). The number of piperidine rings is 1. The van der Waals surface area contributed by atoms with E-state index < -0.39 is 0 Å². The first-order valence-corrected chi connectivity index (χ1v) is 5.81. The number of hydrogen-bond acceptors (Lipinski definition) is 3. The van der Waals surface area contributed by atoms with E-state index in [2.05, 4.69) is 24.5 Å². The Kier molecular flexibility index (Phi) is 5.45. The van der Waals surface area contributed by atoms with Crippen molar-refractivity contribution in [3.8, 4) is 0 Å². The predicted molar refractivity (Wildman–Crippen MR) is 59.4 cm³/mol. The zero-order valence-corrected chi connectivity index (χ0v) is 9.42. The van der Waals surface area contributed by atoms with Gasteiger partial charge in [-0.3, -0.25) is 0 Å². The molecule has 0 aliphatic carbocycles. The molecule has 0 aromatic heterocycles. The fourth-order valence-corrected chi connectivity index (χ4v) is 2.27. The molecule has 1 aliphatic rings. The van der Waals surface area contributed by atoms with Gasteiger partial charge >= 0.3 is 0 Å². The summed E-state index contributed by atoms with van der Waals surface area (Å²) in [6.07, 6.45) is 3.37. The number of rotatable bonds is 5. The molecule has 1 heterocycles. The molecule has 0 aromatic carbocycles. The van der Waals surface area contributed by atoms with Crippen LogP contribution < -0.4 is 10.6 Å². The fraction of sp³-hybridized carbons (Fsp3) is 1.00. The van der Waals surface area contributed by atoms with Gasteiger partial charge in [0.05, 0.1) is 0 Å². The smallest absolute Gasteiger partial charge is 0.0445 e. The molecule has 0 unspecified atom stereocenters. The van der Waals surface area contributed by atoms with Gasteiger partial charge < -0.3 is 15.7 Å². The molecule has 0 spiro atoms. The van der Waals surface area contributed by atoms with Gasteiger partial charge in [0, 0.05) is 18.7 Å². The maximum absolute atomic E-state index is 9.02. The van der Waals surface area contributed by atoms with Crippen LogP contribution in [0.2, 0.25) is 0 Å². The molecule has 0 amide bonds. The summed E-state index contributed by atoms with van der Waals surface area (Å²) in [5.41, 5.74) is 0. The largest absolute Gasteiger partial charge is 0.396 e. The highest BCUT2D eigenvalue weighted by Crippen LogP contribution is 2.18. The Hall–Kier alpha value is -0.120. The summed E-state index contributed by atoms with van der Waals surface area (Å²) in [5, 5.41) is 16.0. The molecule has 0 aromatic rings. The molecular weight excluding hydrogens is 176 g/mol. The topological polar surface area (TPSA) is 44.3 Å². The SMILES string of the molecule is CC(C)N[C@H](CCO)C1CCNCC1. The predicted octanol–water partition coefficient (Wildman–Crippen LogP) is 0.735. The number of aliphatic hydroxyl groups is 1. The van der Waals surface area contributed by atoms with E-state index in [-0.39, 0.29) is 0 Å². The van der Waals surface area contributed by atoms with Crippen molar-refractivity contribution in [2.45, 2.75) is 45.2 Å². The average Bonchev–Trinajstić information content (AvgIpc) is 2.18. The molecule has 3 nitrogen and oxygen atoms in total. The number of hydrogen-bond donors (Lipinski definition) is 3. The summed E-state index contributed by atoms with van der Waals surface area (Å²) in [6.45, 7) is 6.91. The van der Waals surface area contributed by atoms with E-state index in [9.17, 15) is 0 Å². The van der Waals surface area contributed by atoms with Gasteiger partial charge in [-0.2, -0.15) is 0 Å². The third-order valence-electron chi connectivity index (χ3n) is 2.94. The molecule has 1 atom stereocenters. The molecule has 84 valence electrons. The van der Waals surface area contributed by atoms with Crippen LogP contribution in [-0.4, -0.2) is 36.9 Å². The van der Waals surface area contributed by atoms with E-state index in [1.165, 1.54) is 12.8 Å². The highest BCUT2D eigenvalue weighted by molar-refractivity contribution is 4.81. The second-order valence-electron chi connectivity index (χ2n) is 4.53. The lowest BCUT2D eigenvalue weighted by atomic mass is 9.88. The summed E-state index contributed by atoms with van der Waals surface area (Å²) in [5.74, 6) is 0.741. The quantitative estimate of drug-likeness (QED) is 0.613. The highest BCUT2D eigenvalue weighted by Gasteiger charge is 2.23. The van der Waals surface area contributed by atoms with Gasteiger partial charge in [0.1, 0.15) is 0 Å². The first-order valence-electron chi connectivity index (χ1n) is 5.81. The van der Waals surface area contributed by atoms with Crippen molar-refractivity contribution in [2.24, 2.45) is 5.92 Å². The maximum atomic E-state index is 9.02. The van der Waals surface area contributed by atoms with E-state index in [1.807, 2.05) is 0 Å². The minimum atomic E-state index is 0.300. The first-order chi connectivity index (χ1) is 6.74. The van der Waals surface area contributed by atoms with Crippen LogP contribution in [-0.2, 0) is 0 Å². The molecule has 0 bridgehead atoms. The fourth-order valence-electron chi connectivity index (χ4n) is 2.27. The molecule has 3 heteroatoms. The van der Waals surface area contributed by atoms with Gasteiger partial charge in [-0.1, -0.05) is 13.8 Å². The molecule has 1 fully saturated rings. The van der Waals surface area contributed by atoms with Crippen molar-refractivity contribution >= 4 is 0 Å². The Labute approximate surface area is 87.3 Å². The Morgan fingerprint density at radius 2 is 2.00 bits per heavy atom. The Balaban J connectivity index is 2.38. The van der Waals surface area contributed by atoms with Gasteiger partial charge in [-0.05, 0) is 38.3 Å². The van der Waals surface area contributed by atoms with Crippen molar-refractivity contribution in [3.63, 3.8) is 0 Å². The van der Waals surface area contributed by atoms with Gasteiger partial charge in [-0.15, -0.1) is 0 Å². The van der Waals surface area contributed by atoms with Crippen molar-refractivity contribution in [1.29, 1.82) is 0 Å². The van der Waals surface area contributed by atoms with Crippen molar-refractivity contribution < 1.29 is 5.11 Å². The van der Waals surface area contributed by atoms with Crippen LogP contribution >= 0.6 is 0 Å². The van der Waals surface area contributed by atoms with Crippen LogP contribution in [0.25, 0.3) is 0 Å². The Morgan fingerprint density at radius 1 is 1.36 bits per heavy atom. The van der Waals surface area contributed by atoms with Crippen LogP contribution in [0.3, 0.4) is 0 Å². The Bertz CT molecular complexity index is 144. The van der Waals surface area contributed by atoms with Gasteiger partial charge in [0.2, 0.25) is 0 Å². The summed E-state index contributed by atoms with van der Waals surface area (Å²) < 4.78 is 0. The summed E-state index contributed by atoms with van der Waals surface area (Å²) in [6, 6.07) is 1.02. The number of nitrogens with one attached hydrogen (secondary N) is 2. The summed E-state index contributed by atoms with van der Waals surface area (Å²) >= 11 is 0. The van der Waals surface area contributed by atoms with Gasteiger partial charge in [-0.25, -0.2) is 0 Å². The zero-order valence-electron chi connectivity index (χ0n) is 9.42. The molecular formula is C11H24N2O. The number of aliphatic hydroxyl groups excluding tert-OH is 1. The lowest BCUT2D eigenvalue weighted by Gasteiger charge is -2.32. The molecule has 14 heavy (non-hydrogen) atoms. The zero-order chi connectivity index (χ0) is 10.4. The summed E-state index contributed by atoms with van der Waals surface area (Å²) in [4.78, 5) is 0. The van der Waals surface area contributed by atoms with Crippen molar-refractivity contribution in [3.05, 3.63) is 0 Å². The van der Waals surface area contributed by atoms with Crippen LogP contribution in [0.1, 0.15) is 33.1 Å². The first kappa shape index (κ1) is 12.0. The van der Waals surface area contributed by atoms with E-state index in [4.69, 9.17) is 5.11 Å². The second kappa shape index (κ2) is 6.38. The van der Waals surface area contributed by atoms with Gasteiger partial charge in [0.15, 0.2) is 0 Å². The third kappa shape index (κ3) is 3.95. The molecule has 1 aliphatic heterocycles. The second-order valence-corrected chi connectivity index (χ2v) is 4.53. The maximum Gasteiger partial charge on any atom is 0.0445 e. The van der Waals surface area contributed by atoms with Crippen molar-refractivity contribution in [1.82, 2.24) is 10.6 Å². The standard InChI is InChI=1S/C11H24N2O/c1-9(2)13-11(5-8-14)10-3-6-12-7-4-10/h9-14H,3-8H2,1-2H3/t11-/m1/s1. The van der Waals surface area contributed by atoms with E-state index >= 15 is 0 Å². The lowest BCUT2D eigenvalue weighted by molar-refractivity contribution is 0.205. The van der Waals surface area contributed by atoms with E-state index in [1.54, 1.807) is 0 Å². The molecule has 0 radical (unpaired) electrons. The highest BCUT2D eigenvalue weighted by atomic mass is 16.3. The van der Waals surface area contributed by atoms with Crippen LogP contribution in [0.4, 0.5) is 0 Å². The summed E-state index contributed by atoms with van der Waals surface area (Å²) in [7, 11) is 0. The molecule has 0 saturated carbocycles. The Morgan fingerprint density at radius 3 is 2.50 bits per heavy atom. The minimum absolute atomic E-state index is 0.300. The lowest BCUT2D eigenvalue weighted by Crippen LogP contribution is -2.44. The van der Waals surface area contributed by atoms with Crippen LogP contribution in [0, 0.1) is 5.92 Å².